The van der Waals surface area contributed by atoms with Crippen molar-refractivity contribution >= 4 is 31.8 Å². The minimum absolute atomic E-state index is 0.0537. The van der Waals surface area contributed by atoms with Crippen LogP contribution in [0.25, 0.3) is 0 Å². The summed E-state index contributed by atoms with van der Waals surface area (Å²) in [5, 5.41) is 0. The molecule has 2 rings (SSSR count). The van der Waals surface area contributed by atoms with Gasteiger partial charge in [-0.3, -0.25) is 0 Å². The highest BCUT2D eigenvalue weighted by Gasteiger charge is 2.22. The maximum atomic E-state index is 12.2. The largest absolute Gasteiger partial charge is 0.307 e. The van der Waals surface area contributed by atoms with Crippen molar-refractivity contribution in [1.82, 2.24) is 9.71 Å². The van der Waals surface area contributed by atoms with Crippen molar-refractivity contribution in [3.8, 4) is 0 Å². The van der Waals surface area contributed by atoms with Crippen molar-refractivity contribution in [1.29, 1.82) is 0 Å². The third-order valence-corrected chi connectivity index (χ3v) is 5.22. The molecule has 0 unspecified atom stereocenters. The lowest BCUT2D eigenvalue weighted by molar-refractivity contribution is 0.297. The highest BCUT2D eigenvalue weighted by atomic mass is 79.9. The monoisotopic (exact) mass is 348 g/mol. The normalized spacial score (nSPS) is 16.1. The Morgan fingerprint density at radius 2 is 2.21 bits per heavy atom. The fourth-order valence-corrected chi connectivity index (χ4v) is 3.66. The number of sulfonamides is 1. The number of nitrogen functional groups attached to an aromatic ring is 1. The topological polar surface area (TPSA) is 97.1 Å². The molecule has 1 saturated carbocycles. The molecule has 1 aliphatic rings. The van der Waals surface area contributed by atoms with Gasteiger partial charge in [0.15, 0.2) is 5.82 Å². The van der Waals surface area contributed by atoms with Crippen LogP contribution in [0, 0.1) is 5.92 Å². The molecule has 0 aromatic carbocycles. The van der Waals surface area contributed by atoms with E-state index in [0.717, 1.165) is 6.42 Å². The molecule has 19 heavy (non-hydrogen) atoms. The van der Waals surface area contributed by atoms with Crippen molar-refractivity contribution in [3.63, 3.8) is 0 Å². The maximum Gasteiger partial charge on any atom is 0.244 e. The van der Waals surface area contributed by atoms with Crippen LogP contribution in [0.5, 0.6) is 0 Å². The molecule has 0 bridgehead atoms. The zero-order chi connectivity index (χ0) is 13.9. The number of nitrogens with two attached hydrogens (primary N) is 1. The molecule has 0 aliphatic heterocycles. The van der Waals surface area contributed by atoms with Crippen LogP contribution in [0.3, 0.4) is 0 Å². The molecule has 8 heteroatoms. The minimum Gasteiger partial charge on any atom is -0.307 e. The summed E-state index contributed by atoms with van der Waals surface area (Å²) in [7, 11) is -3.59. The van der Waals surface area contributed by atoms with Gasteiger partial charge in [0.25, 0.3) is 0 Å². The highest BCUT2D eigenvalue weighted by molar-refractivity contribution is 9.10. The Kier molecular flexibility index (Phi) is 4.77. The van der Waals surface area contributed by atoms with Gasteiger partial charge in [0.05, 0.1) is 0 Å². The summed E-state index contributed by atoms with van der Waals surface area (Å²) in [4.78, 5) is 3.99. The Morgan fingerprint density at radius 3 is 2.79 bits per heavy atom. The first-order chi connectivity index (χ1) is 9.03. The number of halogens is 1. The number of hydrazine groups is 1. The molecular weight excluding hydrogens is 332 g/mol. The first kappa shape index (κ1) is 14.7. The van der Waals surface area contributed by atoms with Crippen molar-refractivity contribution < 1.29 is 8.42 Å². The Bertz CT molecular complexity index is 546. The standard InChI is InChI=1S/C11H17BrN4O2S/c12-9-6-10(11(16-13)14-7-9)19(17,18)15-5-4-8-2-1-3-8/h6-8,15H,1-5,13H2,(H,14,16). The number of anilines is 1. The van der Waals surface area contributed by atoms with Gasteiger partial charge >= 0.3 is 0 Å². The molecule has 0 saturated heterocycles. The molecule has 4 N–H and O–H groups in total. The van der Waals surface area contributed by atoms with Crippen molar-refractivity contribution in [2.24, 2.45) is 11.8 Å². The zero-order valence-corrected chi connectivity index (χ0v) is 12.8. The lowest BCUT2D eigenvalue weighted by Gasteiger charge is -2.25. The summed E-state index contributed by atoms with van der Waals surface area (Å²) in [5.74, 6) is 6.09. The fraction of sp³-hybridized carbons (Fsp3) is 0.545. The van der Waals surface area contributed by atoms with Gasteiger partial charge in [-0.25, -0.2) is 24.0 Å². The molecule has 1 aromatic heterocycles. The lowest BCUT2D eigenvalue weighted by Crippen LogP contribution is -2.29. The van der Waals surface area contributed by atoms with Crippen LogP contribution in [0.2, 0.25) is 0 Å². The zero-order valence-electron chi connectivity index (χ0n) is 10.4. The Hall–Kier alpha value is -0.700. The molecule has 1 heterocycles. The molecule has 0 atom stereocenters. The molecule has 1 aromatic rings. The van der Waals surface area contributed by atoms with Crippen LogP contribution in [0.1, 0.15) is 25.7 Å². The first-order valence-electron chi connectivity index (χ1n) is 6.15. The van der Waals surface area contributed by atoms with E-state index in [-0.39, 0.29) is 10.7 Å². The number of nitrogens with zero attached hydrogens (tertiary/aromatic N) is 1. The van der Waals surface area contributed by atoms with Gasteiger partial charge in [0.2, 0.25) is 10.0 Å². The van der Waals surface area contributed by atoms with Crippen LogP contribution >= 0.6 is 15.9 Å². The predicted octanol–water partition coefficient (Wildman–Crippen LogP) is 1.60. The molecule has 1 aliphatic carbocycles. The number of aromatic nitrogens is 1. The van der Waals surface area contributed by atoms with Gasteiger partial charge in [-0.05, 0) is 34.3 Å². The quantitative estimate of drug-likeness (QED) is 0.535. The van der Waals surface area contributed by atoms with Gasteiger partial charge in [0, 0.05) is 17.2 Å². The van der Waals surface area contributed by atoms with Crippen LogP contribution in [-0.4, -0.2) is 19.9 Å². The third kappa shape index (κ3) is 3.65. The SMILES string of the molecule is NNc1ncc(Br)cc1S(=O)(=O)NCCC1CCC1. The molecule has 0 spiro atoms. The van der Waals surface area contributed by atoms with Crippen molar-refractivity contribution in [3.05, 3.63) is 16.7 Å². The van der Waals surface area contributed by atoms with E-state index in [1.165, 1.54) is 31.5 Å². The smallest absolute Gasteiger partial charge is 0.244 e. The average Bonchev–Trinajstić information content (AvgIpc) is 2.32. The van der Waals surface area contributed by atoms with Crippen molar-refractivity contribution in [2.75, 3.05) is 12.0 Å². The minimum atomic E-state index is -3.59. The van der Waals surface area contributed by atoms with Gasteiger partial charge in [0.1, 0.15) is 4.90 Å². The summed E-state index contributed by atoms with van der Waals surface area (Å²) in [6.07, 6.45) is 6.04. The Morgan fingerprint density at radius 1 is 1.47 bits per heavy atom. The van der Waals surface area contributed by atoms with Gasteiger partial charge < -0.3 is 5.43 Å². The molecule has 6 nitrogen and oxygen atoms in total. The van der Waals surface area contributed by atoms with Crippen molar-refractivity contribution in [2.45, 2.75) is 30.6 Å². The number of pyridine rings is 1. The maximum absolute atomic E-state index is 12.2. The second-order valence-electron chi connectivity index (χ2n) is 4.63. The lowest BCUT2D eigenvalue weighted by atomic mass is 9.83. The summed E-state index contributed by atoms with van der Waals surface area (Å²) in [5.41, 5.74) is 2.30. The highest BCUT2D eigenvalue weighted by Crippen LogP contribution is 2.29. The molecule has 0 radical (unpaired) electrons. The van der Waals surface area contributed by atoms with E-state index in [1.54, 1.807) is 0 Å². The van der Waals surface area contributed by atoms with E-state index in [1.807, 2.05) is 0 Å². The number of hydrogen-bond acceptors (Lipinski definition) is 5. The molecule has 0 amide bonds. The van der Waals surface area contributed by atoms with E-state index in [9.17, 15) is 8.42 Å². The van der Waals surface area contributed by atoms with Crippen LogP contribution in [0.15, 0.2) is 21.6 Å². The molecule has 106 valence electrons. The van der Waals surface area contributed by atoms with E-state index >= 15 is 0 Å². The van der Waals surface area contributed by atoms with E-state index in [0.29, 0.717) is 16.9 Å². The van der Waals surface area contributed by atoms with Gasteiger partial charge in [-0.1, -0.05) is 19.3 Å². The first-order valence-corrected chi connectivity index (χ1v) is 8.42. The fourth-order valence-electron chi connectivity index (χ4n) is 1.99. The van der Waals surface area contributed by atoms with Crippen LogP contribution in [0.4, 0.5) is 5.82 Å². The number of nitrogens with one attached hydrogen (secondary N) is 2. The molecule has 1 fully saturated rings. The number of rotatable bonds is 6. The Balaban J connectivity index is 2.07. The van der Waals surface area contributed by atoms with Gasteiger partial charge in [-0.15, -0.1) is 0 Å². The summed E-state index contributed by atoms with van der Waals surface area (Å²) in [6, 6.07) is 1.48. The second kappa shape index (κ2) is 6.17. The molecular formula is C11H17BrN4O2S. The number of hydrogen-bond donors (Lipinski definition) is 3. The van der Waals surface area contributed by atoms with E-state index in [4.69, 9.17) is 5.84 Å². The summed E-state index contributed by atoms with van der Waals surface area (Å²) in [6.45, 7) is 0.448. The van der Waals surface area contributed by atoms with E-state index < -0.39 is 10.0 Å². The summed E-state index contributed by atoms with van der Waals surface area (Å²) >= 11 is 3.21. The average molecular weight is 349 g/mol. The van der Waals surface area contributed by atoms with Gasteiger partial charge in [-0.2, -0.15) is 0 Å². The summed E-state index contributed by atoms with van der Waals surface area (Å²) < 4.78 is 27.5. The van der Waals surface area contributed by atoms with Crippen LogP contribution < -0.4 is 16.0 Å². The van der Waals surface area contributed by atoms with E-state index in [2.05, 4.69) is 31.1 Å². The predicted molar refractivity (Wildman–Crippen MR) is 76.9 cm³/mol. The van der Waals surface area contributed by atoms with Crippen LogP contribution in [-0.2, 0) is 10.0 Å². The Labute approximate surface area is 121 Å². The third-order valence-electron chi connectivity index (χ3n) is 3.32. The second-order valence-corrected chi connectivity index (χ2v) is 7.28.